The summed E-state index contributed by atoms with van der Waals surface area (Å²) >= 11 is 0. The summed E-state index contributed by atoms with van der Waals surface area (Å²) in [6.45, 7) is 0. The largest absolute Gasteiger partial charge is 1.00 e. The first kappa shape index (κ1) is 11.4. The Morgan fingerprint density at radius 1 is 0.625 bits per heavy atom. The minimum atomic E-state index is -10.7. The third kappa shape index (κ3) is 563. The average Bonchev–Trinajstić information content (AvgIpc) is 0.592. The van der Waals surface area contributed by atoms with E-state index in [1.807, 2.05) is 0 Å². The SMILES string of the molecule is F[P-](F)(F)(F)(F)F.[7Li+]. The molecular formula is F6LiP. The van der Waals surface area contributed by atoms with Crippen LogP contribution in [0.3, 0.4) is 0 Å². The molecule has 0 nitrogen and oxygen atoms in total. The van der Waals surface area contributed by atoms with Crippen LogP contribution in [0.25, 0.3) is 0 Å². The monoisotopic (exact) mass is 152 g/mol. The summed E-state index contributed by atoms with van der Waals surface area (Å²) < 4.78 is 59.2. The fraction of sp³-hybridized carbons (Fsp3) is 0. The minimum Gasteiger partial charge on any atom is 1.00 e. The molecule has 0 aliphatic heterocycles. The molecule has 0 spiro atoms. The number of hydrogen-bond donors (Lipinski definition) is 0. The van der Waals surface area contributed by atoms with Crippen LogP contribution in [0.5, 0.6) is 0 Å². The van der Waals surface area contributed by atoms with Gasteiger partial charge in [0.1, 0.15) is 0 Å². The van der Waals surface area contributed by atoms with Crippen molar-refractivity contribution in [2.45, 2.75) is 0 Å². The molecule has 0 bridgehead atoms. The Labute approximate surface area is 52.7 Å². The van der Waals surface area contributed by atoms with Gasteiger partial charge in [-0.2, -0.15) is 0 Å². The molecule has 0 radical (unpaired) electrons. The summed E-state index contributed by atoms with van der Waals surface area (Å²) in [5, 5.41) is 0. The Bertz CT molecular complexity index is 67.1. The van der Waals surface area contributed by atoms with Crippen LogP contribution in [-0.2, 0) is 0 Å². The fourth-order valence-corrected chi connectivity index (χ4v) is 0. The molecule has 0 aliphatic carbocycles. The number of hydrogen-bond acceptors (Lipinski definition) is 0. The molecule has 0 amide bonds. The summed E-state index contributed by atoms with van der Waals surface area (Å²) in [5.74, 6) is 0. The summed E-state index contributed by atoms with van der Waals surface area (Å²) in [6, 6.07) is 0. The Balaban J connectivity index is 0. The zero-order valence-electron chi connectivity index (χ0n) is 3.72. The van der Waals surface area contributed by atoms with Crippen LogP contribution in [0.15, 0.2) is 0 Å². The molecule has 0 aromatic rings. The Morgan fingerprint density at radius 3 is 0.625 bits per heavy atom. The predicted octanol–water partition coefficient (Wildman–Crippen LogP) is 0.386. The molecule has 0 heterocycles. The third-order valence-corrected chi connectivity index (χ3v) is 0. The van der Waals surface area contributed by atoms with Crippen LogP contribution in [0, 0.1) is 0 Å². The van der Waals surface area contributed by atoms with Crippen molar-refractivity contribution in [1.29, 1.82) is 0 Å². The van der Waals surface area contributed by atoms with Crippen LogP contribution >= 0.6 is 7.81 Å². The number of halogens is 6. The van der Waals surface area contributed by atoms with Crippen molar-refractivity contribution in [2.75, 3.05) is 0 Å². The molecular weight excluding hydrogens is 152 g/mol. The van der Waals surface area contributed by atoms with Crippen LogP contribution in [0.2, 0.25) is 0 Å². The van der Waals surface area contributed by atoms with Gasteiger partial charge in [-0.3, -0.25) is 0 Å². The van der Waals surface area contributed by atoms with E-state index in [0.29, 0.717) is 0 Å². The van der Waals surface area contributed by atoms with Crippen LogP contribution in [-0.4, -0.2) is 0 Å². The second-order valence-corrected chi connectivity index (χ2v) is 2.87. The number of rotatable bonds is 0. The molecule has 8 heteroatoms. The first-order valence-electron chi connectivity index (χ1n) is 1.01. The van der Waals surface area contributed by atoms with E-state index in [-0.39, 0.29) is 18.9 Å². The van der Waals surface area contributed by atoms with Crippen molar-refractivity contribution in [3.8, 4) is 0 Å². The van der Waals surface area contributed by atoms with Crippen molar-refractivity contribution in [3.63, 3.8) is 0 Å². The minimum absolute atomic E-state index is 0. The molecule has 0 fully saturated rings. The van der Waals surface area contributed by atoms with E-state index in [2.05, 4.69) is 0 Å². The van der Waals surface area contributed by atoms with Crippen LogP contribution in [0.4, 0.5) is 25.2 Å². The molecule has 0 aromatic carbocycles. The zero-order chi connectivity index (χ0) is 6.41. The van der Waals surface area contributed by atoms with Gasteiger partial charge < -0.3 is 0 Å². The maximum absolute atomic E-state index is 10.7. The van der Waals surface area contributed by atoms with Crippen LogP contribution < -0.4 is 18.9 Å². The molecule has 0 aliphatic rings. The van der Waals surface area contributed by atoms with E-state index in [4.69, 9.17) is 0 Å². The fourth-order valence-electron chi connectivity index (χ4n) is 0. The zero-order valence-corrected chi connectivity index (χ0v) is 4.61. The molecule has 0 rings (SSSR count). The maximum atomic E-state index is 9.87. The standard InChI is InChI=1S/F6P.Li/c1-7(2,3,4,5)6;/q-1;+1/i;1+0. The first-order valence-corrected chi connectivity index (χ1v) is 3.04. The quantitative estimate of drug-likeness (QED) is 0.267. The van der Waals surface area contributed by atoms with Gasteiger partial charge in [-0.05, 0) is 0 Å². The normalized spacial score (nSPS) is 20.2. The van der Waals surface area contributed by atoms with Gasteiger partial charge in [0.2, 0.25) is 0 Å². The van der Waals surface area contributed by atoms with Crippen molar-refractivity contribution in [2.24, 2.45) is 0 Å². The smallest absolute Gasteiger partial charge is 1.00 e. The third-order valence-electron chi connectivity index (χ3n) is 0. The van der Waals surface area contributed by atoms with Crippen LogP contribution in [0.1, 0.15) is 0 Å². The Morgan fingerprint density at radius 2 is 0.625 bits per heavy atom. The van der Waals surface area contributed by atoms with E-state index in [9.17, 15) is 25.2 Å². The van der Waals surface area contributed by atoms with Crippen molar-refractivity contribution in [3.05, 3.63) is 0 Å². The molecule has 0 saturated heterocycles. The van der Waals surface area contributed by atoms with Gasteiger partial charge in [-0.15, -0.1) is 0 Å². The van der Waals surface area contributed by atoms with E-state index in [0.717, 1.165) is 0 Å². The van der Waals surface area contributed by atoms with Gasteiger partial charge in [0.15, 0.2) is 0 Å². The van der Waals surface area contributed by atoms with Crippen molar-refractivity contribution < 1.29 is 44.0 Å². The maximum Gasteiger partial charge on any atom is 1.00 e. The second kappa shape index (κ2) is 1.36. The summed E-state index contributed by atoms with van der Waals surface area (Å²) in [5.41, 5.74) is 0. The molecule has 0 atom stereocenters. The Kier molecular flexibility index (Phi) is 1.94. The average molecular weight is 152 g/mol. The molecule has 0 aromatic heterocycles. The van der Waals surface area contributed by atoms with Gasteiger partial charge in [0.25, 0.3) is 0 Å². The Hall–Kier alpha value is 0.607. The molecule has 0 N–H and O–H groups in total. The summed E-state index contributed by atoms with van der Waals surface area (Å²) in [6.07, 6.45) is 0. The van der Waals surface area contributed by atoms with Gasteiger partial charge in [0, 0.05) is 0 Å². The van der Waals surface area contributed by atoms with E-state index in [1.54, 1.807) is 0 Å². The van der Waals surface area contributed by atoms with Crippen molar-refractivity contribution >= 4 is 7.81 Å². The van der Waals surface area contributed by atoms with Gasteiger partial charge in [-0.25, -0.2) is 0 Å². The predicted molar refractivity (Wildman–Crippen MR) is 13.6 cm³/mol. The van der Waals surface area contributed by atoms with Gasteiger partial charge in [-0.1, -0.05) is 0 Å². The summed E-state index contributed by atoms with van der Waals surface area (Å²) in [4.78, 5) is 0. The first-order chi connectivity index (χ1) is 2.45. The molecule has 0 saturated carbocycles. The van der Waals surface area contributed by atoms with Crippen molar-refractivity contribution in [1.82, 2.24) is 0 Å². The van der Waals surface area contributed by atoms with E-state index < -0.39 is 7.81 Å². The molecule has 48 valence electrons. The van der Waals surface area contributed by atoms with E-state index >= 15 is 0 Å². The molecule has 0 unspecified atom stereocenters. The van der Waals surface area contributed by atoms with E-state index in [1.165, 1.54) is 0 Å². The second-order valence-electron chi connectivity index (χ2n) is 0.958. The van der Waals surface area contributed by atoms with Gasteiger partial charge >= 0.3 is 51.9 Å². The molecule has 8 heavy (non-hydrogen) atoms. The topological polar surface area (TPSA) is 0 Å². The van der Waals surface area contributed by atoms with Gasteiger partial charge in [0.05, 0.1) is 0 Å². The summed E-state index contributed by atoms with van der Waals surface area (Å²) in [7, 11) is -10.7.